The van der Waals surface area contributed by atoms with Crippen molar-refractivity contribution in [2.75, 3.05) is 0 Å². The Bertz CT molecular complexity index is 691. The van der Waals surface area contributed by atoms with Gasteiger partial charge in [0.2, 0.25) is 0 Å². The lowest BCUT2D eigenvalue weighted by Crippen LogP contribution is -2.41. The Balaban J connectivity index is 2.46. The van der Waals surface area contributed by atoms with E-state index in [-0.39, 0.29) is 0 Å². The van der Waals surface area contributed by atoms with Crippen molar-refractivity contribution in [3.05, 3.63) is 35.3 Å². The minimum atomic E-state index is -1.03. The van der Waals surface area contributed by atoms with Crippen LogP contribution in [0.5, 0.6) is 0 Å². The van der Waals surface area contributed by atoms with Gasteiger partial charge in [-0.3, -0.25) is 9.20 Å². The van der Waals surface area contributed by atoms with E-state index in [4.69, 9.17) is 5.11 Å². The van der Waals surface area contributed by atoms with Crippen molar-refractivity contribution >= 4 is 17.5 Å². The highest BCUT2D eigenvalue weighted by atomic mass is 16.4. The Morgan fingerprint density at radius 1 is 1.38 bits per heavy atom. The van der Waals surface area contributed by atoms with E-state index < -0.39 is 17.9 Å². The predicted molar refractivity (Wildman–Crippen MR) is 78.5 cm³/mol. The van der Waals surface area contributed by atoms with Gasteiger partial charge in [-0.2, -0.15) is 0 Å². The molecule has 0 saturated heterocycles. The molecule has 1 unspecified atom stereocenters. The molecule has 6 nitrogen and oxygen atoms in total. The summed E-state index contributed by atoms with van der Waals surface area (Å²) in [6.07, 6.45) is 2.77. The number of nitrogens with one attached hydrogen (secondary N) is 1. The van der Waals surface area contributed by atoms with Crippen LogP contribution in [0.4, 0.5) is 0 Å². The molecule has 0 aliphatic rings. The highest BCUT2D eigenvalue weighted by molar-refractivity contribution is 5.97. The number of carbonyl (C=O) groups excluding carboxylic acids is 1. The quantitative estimate of drug-likeness (QED) is 0.879. The first kappa shape index (κ1) is 15.0. The minimum absolute atomic E-state index is 0.332. The van der Waals surface area contributed by atoms with E-state index in [0.717, 1.165) is 5.56 Å². The second kappa shape index (κ2) is 5.95. The van der Waals surface area contributed by atoms with E-state index >= 15 is 0 Å². The van der Waals surface area contributed by atoms with Crippen molar-refractivity contribution in [3.63, 3.8) is 0 Å². The van der Waals surface area contributed by atoms with Gasteiger partial charge in [0, 0.05) is 6.20 Å². The van der Waals surface area contributed by atoms with Crippen LogP contribution in [-0.2, 0) is 11.2 Å². The molecule has 0 saturated carbocycles. The molecule has 1 amide bonds. The lowest BCUT2D eigenvalue weighted by molar-refractivity contribution is -0.139. The van der Waals surface area contributed by atoms with E-state index in [1.54, 1.807) is 11.3 Å². The second-order valence-corrected chi connectivity index (χ2v) is 4.97. The number of rotatable bonds is 5. The van der Waals surface area contributed by atoms with E-state index in [2.05, 4.69) is 10.3 Å². The molecule has 0 radical (unpaired) electrons. The van der Waals surface area contributed by atoms with Crippen LogP contribution in [0.2, 0.25) is 0 Å². The maximum Gasteiger partial charge on any atom is 0.326 e. The fourth-order valence-corrected chi connectivity index (χ4v) is 2.25. The first-order valence-electron chi connectivity index (χ1n) is 6.99. The molecule has 112 valence electrons. The van der Waals surface area contributed by atoms with Crippen molar-refractivity contribution in [2.45, 2.75) is 39.7 Å². The number of aliphatic carboxylic acids is 1. The van der Waals surface area contributed by atoms with Crippen LogP contribution in [0.25, 0.3) is 5.65 Å². The zero-order valence-corrected chi connectivity index (χ0v) is 12.4. The SMILES string of the molecule is CCc1nc2ccc(C)cn2c1C(=O)NC(CC)C(=O)O. The maximum absolute atomic E-state index is 12.4. The van der Waals surface area contributed by atoms with E-state index in [1.807, 2.05) is 32.2 Å². The molecular formula is C15H19N3O3. The van der Waals surface area contributed by atoms with Crippen molar-refractivity contribution in [1.82, 2.24) is 14.7 Å². The fourth-order valence-electron chi connectivity index (χ4n) is 2.25. The molecule has 21 heavy (non-hydrogen) atoms. The van der Waals surface area contributed by atoms with E-state index in [0.29, 0.717) is 29.9 Å². The molecule has 2 aromatic heterocycles. The van der Waals surface area contributed by atoms with Gasteiger partial charge in [0.05, 0.1) is 5.69 Å². The van der Waals surface area contributed by atoms with Gasteiger partial charge in [0.1, 0.15) is 17.4 Å². The highest BCUT2D eigenvalue weighted by Crippen LogP contribution is 2.15. The van der Waals surface area contributed by atoms with Gasteiger partial charge >= 0.3 is 5.97 Å². The Labute approximate surface area is 122 Å². The summed E-state index contributed by atoms with van der Waals surface area (Å²) in [4.78, 5) is 27.9. The van der Waals surface area contributed by atoms with Crippen LogP contribution in [0.15, 0.2) is 18.3 Å². The topological polar surface area (TPSA) is 83.7 Å². The Hall–Kier alpha value is -2.37. The number of carbonyl (C=O) groups is 2. The normalized spacial score (nSPS) is 12.3. The monoisotopic (exact) mass is 289 g/mol. The van der Waals surface area contributed by atoms with Crippen LogP contribution < -0.4 is 5.32 Å². The fraction of sp³-hybridized carbons (Fsp3) is 0.400. The third-order valence-electron chi connectivity index (χ3n) is 3.40. The van der Waals surface area contributed by atoms with Crippen LogP contribution in [-0.4, -0.2) is 32.4 Å². The average Bonchev–Trinajstić information content (AvgIpc) is 2.81. The van der Waals surface area contributed by atoms with Gasteiger partial charge in [-0.15, -0.1) is 0 Å². The summed E-state index contributed by atoms with van der Waals surface area (Å²) in [7, 11) is 0. The number of aryl methyl sites for hydroxylation is 2. The van der Waals surface area contributed by atoms with Crippen molar-refractivity contribution in [2.24, 2.45) is 0 Å². The van der Waals surface area contributed by atoms with E-state index in [1.165, 1.54) is 0 Å². The van der Waals surface area contributed by atoms with Crippen molar-refractivity contribution in [3.8, 4) is 0 Å². The molecule has 0 aliphatic carbocycles. The van der Waals surface area contributed by atoms with Gasteiger partial charge < -0.3 is 10.4 Å². The summed E-state index contributed by atoms with van der Waals surface area (Å²) >= 11 is 0. The molecule has 6 heteroatoms. The largest absolute Gasteiger partial charge is 0.480 e. The number of aromatic nitrogens is 2. The smallest absolute Gasteiger partial charge is 0.326 e. The molecule has 1 atom stereocenters. The van der Waals surface area contributed by atoms with Crippen LogP contribution >= 0.6 is 0 Å². The van der Waals surface area contributed by atoms with Crippen molar-refractivity contribution in [1.29, 1.82) is 0 Å². The zero-order chi connectivity index (χ0) is 15.6. The Morgan fingerprint density at radius 2 is 2.10 bits per heavy atom. The number of carboxylic acid groups (broad SMARTS) is 1. The van der Waals surface area contributed by atoms with Gasteiger partial charge in [-0.1, -0.05) is 19.9 Å². The number of carboxylic acids is 1. The Kier molecular flexibility index (Phi) is 4.26. The molecule has 2 aromatic rings. The molecule has 0 aromatic carbocycles. The zero-order valence-electron chi connectivity index (χ0n) is 12.4. The molecule has 0 bridgehead atoms. The molecule has 0 fully saturated rings. The number of pyridine rings is 1. The number of hydrogen-bond acceptors (Lipinski definition) is 3. The van der Waals surface area contributed by atoms with Crippen LogP contribution in [0.3, 0.4) is 0 Å². The Morgan fingerprint density at radius 3 is 2.67 bits per heavy atom. The summed E-state index contributed by atoms with van der Waals surface area (Å²) in [5.74, 6) is -1.44. The molecular weight excluding hydrogens is 270 g/mol. The highest BCUT2D eigenvalue weighted by Gasteiger charge is 2.23. The molecule has 2 rings (SSSR count). The van der Waals surface area contributed by atoms with Crippen molar-refractivity contribution < 1.29 is 14.7 Å². The summed E-state index contributed by atoms with van der Waals surface area (Å²) < 4.78 is 1.72. The number of amides is 1. The summed E-state index contributed by atoms with van der Waals surface area (Å²) in [5.41, 5.74) is 2.77. The first-order chi connectivity index (χ1) is 9.97. The maximum atomic E-state index is 12.4. The van der Waals surface area contributed by atoms with Gasteiger partial charge in [-0.05, 0) is 31.4 Å². The summed E-state index contributed by atoms with van der Waals surface area (Å²) in [5, 5.41) is 11.6. The molecule has 2 heterocycles. The summed E-state index contributed by atoms with van der Waals surface area (Å²) in [6.45, 7) is 5.57. The summed E-state index contributed by atoms with van der Waals surface area (Å²) in [6, 6.07) is 2.88. The number of imidazole rings is 1. The third-order valence-corrected chi connectivity index (χ3v) is 3.40. The third kappa shape index (κ3) is 2.89. The number of nitrogens with zero attached hydrogens (tertiary/aromatic N) is 2. The van der Waals surface area contributed by atoms with Crippen LogP contribution in [0, 0.1) is 6.92 Å². The predicted octanol–water partition coefficient (Wildman–Crippen LogP) is 1.80. The molecule has 0 spiro atoms. The van der Waals surface area contributed by atoms with Crippen LogP contribution in [0.1, 0.15) is 42.0 Å². The molecule has 0 aliphatic heterocycles. The minimum Gasteiger partial charge on any atom is -0.480 e. The lowest BCUT2D eigenvalue weighted by Gasteiger charge is -2.12. The van der Waals surface area contributed by atoms with Gasteiger partial charge in [0.25, 0.3) is 5.91 Å². The van der Waals surface area contributed by atoms with Gasteiger partial charge in [-0.25, -0.2) is 9.78 Å². The molecule has 2 N–H and O–H groups in total. The van der Waals surface area contributed by atoms with E-state index in [9.17, 15) is 9.59 Å². The number of hydrogen-bond donors (Lipinski definition) is 2. The lowest BCUT2D eigenvalue weighted by atomic mass is 10.2. The number of fused-ring (bicyclic) bond motifs is 1. The first-order valence-corrected chi connectivity index (χ1v) is 6.99. The second-order valence-electron chi connectivity index (χ2n) is 4.97. The standard InChI is InChI=1S/C15H19N3O3/c1-4-10-13(14(19)17-11(5-2)15(20)21)18-8-9(3)6-7-12(18)16-10/h6-8,11H,4-5H2,1-3H3,(H,17,19)(H,20,21). The average molecular weight is 289 g/mol. The van der Waals surface area contributed by atoms with Gasteiger partial charge in [0.15, 0.2) is 0 Å².